The summed E-state index contributed by atoms with van der Waals surface area (Å²) in [5.74, 6) is 0.936. The van der Waals surface area contributed by atoms with Crippen LogP contribution in [0.5, 0.6) is 5.75 Å². The molecule has 0 saturated carbocycles. The molecule has 1 aromatic heterocycles. The molecule has 0 spiro atoms. The van der Waals surface area contributed by atoms with E-state index in [2.05, 4.69) is 49.4 Å². The maximum Gasteiger partial charge on any atom is 0.140 e. The minimum atomic E-state index is 0.0949. The van der Waals surface area contributed by atoms with E-state index in [9.17, 15) is 0 Å². The summed E-state index contributed by atoms with van der Waals surface area (Å²) in [4.78, 5) is 4.67. The normalized spacial score (nSPS) is 11.6. The molecule has 0 aliphatic heterocycles. The van der Waals surface area contributed by atoms with Crippen molar-refractivity contribution in [3.05, 3.63) is 45.9 Å². The molecule has 0 aliphatic carbocycles. The highest BCUT2D eigenvalue weighted by molar-refractivity contribution is 7.09. The summed E-state index contributed by atoms with van der Waals surface area (Å²) in [5.41, 5.74) is 2.41. The second kappa shape index (κ2) is 7.05. The van der Waals surface area contributed by atoms with Gasteiger partial charge in [0.1, 0.15) is 17.4 Å². The summed E-state index contributed by atoms with van der Waals surface area (Å²) in [6.45, 7) is 11.0. The minimum Gasteiger partial charge on any atom is -0.486 e. The molecule has 1 heterocycles. The van der Waals surface area contributed by atoms with Crippen LogP contribution in [-0.2, 0) is 18.6 Å². The zero-order chi connectivity index (χ0) is 15.3. The van der Waals surface area contributed by atoms with Crippen LogP contribution in [0, 0.1) is 0 Å². The standard InChI is InChI=1S/C17H24N2OS/c1-5-18-10-13-8-6-7-9-14(13)20-11-16-19-15(12-21-16)17(2,3)4/h6-9,12,18H,5,10-11H2,1-4H3. The number of hydrogen-bond acceptors (Lipinski definition) is 4. The van der Waals surface area contributed by atoms with Gasteiger partial charge in [-0.2, -0.15) is 0 Å². The lowest BCUT2D eigenvalue weighted by Gasteiger charge is -2.14. The first-order valence-electron chi connectivity index (χ1n) is 7.37. The van der Waals surface area contributed by atoms with Gasteiger partial charge in [0.15, 0.2) is 0 Å². The van der Waals surface area contributed by atoms with Gasteiger partial charge < -0.3 is 10.1 Å². The number of benzene rings is 1. The second-order valence-electron chi connectivity index (χ2n) is 6.05. The van der Waals surface area contributed by atoms with Crippen molar-refractivity contribution in [2.75, 3.05) is 6.54 Å². The molecule has 0 atom stereocenters. The van der Waals surface area contributed by atoms with E-state index in [1.54, 1.807) is 11.3 Å². The lowest BCUT2D eigenvalue weighted by Crippen LogP contribution is -2.13. The third-order valence-corrected chi connectivity index (χ3v) is 4.03. The maximum absolute atomic E-state index is 5.95. The molecule has 1 N–H and O–H groups in total. The molecule has 0 radical (unpaired) electrons. The van der Waals surface area contributed by atoms with Gasteiger partial charge in [-0.1, -0.05) is 45.9 Å². The first kappa shape index (κ1) is 16.0. The van der Waals surface area contributed by atoms with Crippen LogP contribution < -0.4 is 10.1 Å². The number of para-hydroxylation sites is 1. The van der Waals surface area contributed by atoms with E-state index in [1.165, 1.54) is 5.56 Å². The van der Waals surface area contributed by atoms with E-state index >= 15 is 0 Å². The van der Waals surface area contributed by atoms with E-state index in [0.29, 0.717) is 6.61 Å². The van der Waals surface area contributed by atoms with Crippen molar-refractivity contribution in [2.24, 2.45) is 0 Å². The Morgan fingerprint density at radius 2 is 2.00 bits per heavy atom. The number of thiazole rings is 1. The van der Waals surface area contributed by atoms with Crippen LogP contribution in [-0.4, -0.2) is 11.5 Å². The molecule has 4 heteroatoms. The molecule has 0 aliphatic rings. The number of aromatic nitrogens is 1. The Morgan fingerprint density at radius 3 is 2.67 bits per heavy atom. The van der Waals surface area contributed by atoms with Crippen LogP contribution in [0.25, 0.3) is 0 Å². The third kappa shape index (κ3) is 4.55. The summed E-state index contributed by atoms with van der Waals surface area (Å²) in [5, 5.41) is 6.49. The first-order valence-corrected chi connectivity index (χ1v) is 8.25. The highest BCUT2D eigenvalue weighted by atomic mass is 32.1. The Bertz CT molecular complexity index is 572. The molecule has 3 nitrogen and oxygen atoms in total. The largest absolute Gasteiger partial charge is 0.486 e. The first-order chi connectivity index (χ1) is 10.0. The molecule has 0 amide bonds. The van der Waals surface area contributed by atoms with Crippen molar-refractivity contribution < 1.29 is 4.74 Å². The van der Waals surface area contributed by atoms with E-state index in [0.717, 1.165) is 29.5 Å². The molecule has 0 bridgehead atoms. The highest BCUT2D eigenvalue weighted by Crippen LogP contribution is 2.25. The molecular formula is C17H24N2OS. The fourth-order valence-corrected chi connectivity index (χ4v) is 2.84. The number of hydrogen-bond donors (Lipinski definition) is 1. The number of rotatable bonds is 6. The van der Waals surface area contributed by atoms with Crippen molar-refractivity contribution in [2.45, 2.75) is 46.3 Å². The molecule has 2 rings (SSSR count). The van der Waals surface area contributed by atoms with Crippen LogP contribution in [0.1, 0.15) is 44.0 Å². The van der Waals surface area contributed by atoms with Gasteiger partial charge in [-0.15, -0.1) is 11.3 Å². The third-order valence-electron chi connectivity index (χ3n) is 3.21. The van der Waals surface area contributed by atoms with Gasteiger partial charge in [-0.25, -0.2) is 4.98 Å². The second-order valence-corrected chi connectivity index (χ2v) is 7.00. The Hall–Kier alpha value is -1.39. The predicted molar refractivity (Wildman–Crippen MR) is 89.0 cm³/mol. The van der Waals surface area contributed by atoms with Crippen molar-refractivity contribution in [1.29, 1.82) is 0 Å². The zero-order valence-electron chi connectivity index (χ0n) is 13.3. The van der Waals surface area contributed by atoms with Crippen molar-refractivity contribution in [1.82, 2.24) is 10.3 Å². The smallest absolute Gasteiger partial charge is 0.140 e. The van der Waals surface area contributed by atoms with Crippen LogP contribution in [0.2, 0.25) is 0 Å². The van der Waals surface area contributed by atoms with Gasteiger partial charge in [0.25, 0.3) is 0 Å². The summed E-state index contributed by atoms with van der Waals surface area (Å²) in [7, 11) is 0. The van der Waals surface area contributed by atoms with Crippen LogP contribution in [0.15, 0.2) is 29.6 Å². The van der Waals surface area contributed by atoms with E-state index in [-0.39, 0.29) is 5.41 Å². The average molecular weight is 304 g/mol. The topological polar surface area (TPSA) is 34.1 Å². The minimum absolute atomic E-state index is 0.0949. The SMILES string of the molecule is CCNCc1ccccc1OCc1nc(C(C)(C)C)cs1. The number of ether oxygens (including phenoxy) is 1. The molecule has 2 aromatic rings. The zero-order valence-corrected chi connectivity index (χ0v) is 14.1. The summed E-state index contributed by atoms with van der Waals surface area (Å²) in [6.07, 6.45) is 0. The molecule has 0 saturated heterocycles. The van der Waals surface area contributed by atoms with Gasteiger partial charge in [-0.3, -0.25) is 0 Å². The average Bonchev–Trinajstić information content (AvgIpc) is 2.92. The van der Waals surface area contributed by atoms with Crippen LogP contribution in [0.4, 0.5) is 0 Å². The quantitative estimate of drug-likeness (QED) is 0.871. The summed E-state index contributed by atoms with van der Waals surface area (Å²) < 4.78 is 5.95. The fourth-order valence-electron chi connectivity index (χ4n) is 1.91. The molecule has 0 unspecified atom stereocenters. The summed E-state index contributed by atoms with van der Waals surface area (Å²) in [6, 6.07) is 8.17. The Balaban J connectivity index is 2.01. The highest BCUT2D eigenvalue weighted by Gasteiger charge is 2.17. The van der Waals surface area contributed by atoms with E-state index in [4.69, 9.17) is 4.74 Å². The van der Waals surface area contributed by atoms with Crippen LogP contribution in [0.3, 0.4) is 0 Å². The van der Waals surface area contributed by atoms with Crippen LogP contribution >= 0.6 is 11.3 Å². The van der Waals surface area contributed by atoms with E-state index in [1.807, 2.05) is 18.2 Å². The lowest BCUT2D eigenvalue weighted by atomic mass is 9.93. The van der Waals surface area contributed by atoms with Gasteiger partial charge in [0, 0.05) is 22.9 Å². The summed E-state index contributed by atoms with van der Waals surface area (Å²) >= 11 is 1.67. The van der Waals surface area contributed by atoms with Gasteiger partial charge in [0.05, 0.1) is 5.69 Å². The van der Waals surface area contributed by atoms with Gasteiger partial charge >= 0.3 is 0 Å². The molecular weight excluding hydrogens is 280 g/mol. The lowest BCUT2D eigenvalue weighted by molar-refractivity contribution is 0.301. The number of nitrogens with zero attached hydrogens (tertiary/aromatic N) is 1. The Labute approximate surface area is 131 Å². The van der Waals surface area contributed by atoms with Gasteiger partial charge in [0.2, 0.25) is 0 Å². The van der Waals surface area contributed by atoms with Crippen molar-refractivity contribution in [3.8, 4) is 5.75 Å². The predicted octanol–water partition coefficient (Wildman–Crippen LogP) is 4.13. The molecule has 0 fully saturated rings. The number of nitrogens with one attached hydrogen (secondary N) is 1. The van der Waals surface area contributed by atoms with Crippen molar-refractivity contribution >= 4 is 11.3 Å². The molecule has 114 valence electrons. The fraction of sp³-hybridized carbons (Fsp3) is 0.471. The van der Waals surface area contributed by atoms with E-state index < -0.39 is 0 Å². The van der Waals surface area contributed by atoms with Gasteiger partial charge in [-0.05, 0) is 12.6 Å². The van der Waals surface area contributed by atoms with Crippen molar-refractivity contribution in [3.63, 3.8) is 0 Å². The Morgan fingerprint density at radius 1 is 1.24 bits per heavy atom. The molecule has 21 heavy (non-hydrogen) atoms. The Kier molecular flexibility index (Phi) is 5.37. The monoisotopic (exact) mass is 304 g/mol. The molecule has 1 aromatic carbocycles. The maximum atomic E-state index is 5.95.